The average Bonchev–Trinajstić information content (AvgIpc) is 2.86. The van der Waals surface area contributed by atoms with E-state index in [0.29, 0.717) is 11.3 Å². The Labute approximate surface area is 104 Å². The molecule has 2 aromatic heterocycles. The van der Waals surface area contributed by atoms with Crippen molar-refractivity contribution >= 4 is 16.6 Å². The van der Waals surface area contributed by atoms with Gasteiger partial charge in [0.05, 0.1) is 11.3 Å². The van der Waals surface area contributed by atoms with Crippen molar-refractivity contribution in [1.29, 1.82) is 5.26 Å². The van der Waals surface area contributed by atoms with Crippen molar-refractivity contribution in [1.82, 2.24) is 9.97 Å². The summed E-state index contributed by atoms with van der Waals surface area (Å²) in [5, 5.41) is 10.1. The lowest BCUT2D eigenvalue weighted by molar-refractivity contribution is 1.30. The first-order chi connectivity index (χ1) is 8.79. The van der Waals surface area contributed by atoms with Gasteiger partial charge in [0.25, 0.3) is 0 Å². The molecule has 0 saturated heterocycles. The van der Waals surface area contributed by atoms with E-state index < -0.39 is 0 Å². The summed E-state index contributed by atoms with van der Waals surface area (Å²) in [5.41, 5.74) is 9.68. The molecule has 3 N–H and O–H groups in total. The molecular formula is C14H10N4. The highest BCUT2D eigenvalue weighted by Gasteiger charge is 2.08. The molecule has 0 aliphatic heterocycles. The van der Waals surface area contributed by atoms with Crippen LogP contribution in [0.25, 0.3) is 22.0 Å². The molecule has 0 aliphatic carbocycles. The van der Waals surface area contributed by atoms with Gasteiger partial charge in [-0.2, -0.15) is 5.26 Å². The highest BCUT2D eigenvalue weighted by Crippen LogP contribution is 2.29. The number of nitrogens with zero attached hydrogens (tertiary/aromatic N) is 2. The molecule has 0 unspecified atom stereocenters. The van der Waals surface area contributed by atoms with Gasteiger partial charge in [-0.1, -0.05) is 6.07 Å². The molecule has 0 aliphatic rings. The fourth-order valence-corrected chi connectivity index (χ4v) is 2.01. The fourth-order valence-electron chi connectivity index (χ4n) is 2.01. The Morgan fingerprint density at radius 2 is 2.11 bits per heavy atom. The molecule has 3 rings (SSSR count). The van der Waals surface area contributed by atoms with E-state index in [1.807, 2.05) is 36.5 Å². The molecule has 0 radical (unpaired) electrons. The van der Waals surface area contributed by atoms with E-state index in [1.165, 1.54) is 6.20 Å². The molecule has 2 heterocycles. The second-order valence-corrected chi connectivity index (χ2v) is 4.04. The highest BCUT2D eigenvalue weighted by atomic mass is 14.7. The number of H-pyrrole nitrogens is 1. The Morgan fingerprint density at radius 1 is 1.22 bits per heavy atom. The summed E-state index contributed by atoms with van der Waals surface area (Å²) < 4.78 is 0. The highest BCUT2D eigenvalue weighted by molar-refractivity contribution is 5.88. The molecule has 86 valence electrons. The van der Waals surface area contributed by atoms with Crippen molar-refractivity contribution in [3.8, 4) is 17.2 Å². The molecule has 18 heavy (non-hydrogen) atoms. The van der Waals surface area contributed by atoms with Crippen molar-refractivity contribution in [2.75, 3.05) is 5.73 Å². The number of aromatic nitrogens is 2. The molecule has 0 bridgehead atoms. The number of fused-ring (bicyclic) bond motifs is 1. The van der Waals surface area contributed by atoms with Gasteiger partial charge in [-0.15, -0.1) is 0 Å². The Kier molecular flexibility index (Phi) is 2.24. The molecule has 1 aromatic carbocycles. The molecule has 4 nitrogen and oxygen atoms in total. The summed E-state index contributed by atoms with van der Waals surface area (Å²) in [7, 11) is 0. The normalized spacial score (nSPS) is 10.4. The summed E-state index contributed by atoms with van der Waals surface area (Å²) in [6.07, 6.45) is 5.05. The predicted molar refractivity (Wildman–Crippen MR) is 70.7 cm³/mol. The maximum Gasteiger partial charge on any atom is 0.103 e. The Hall–Kier alpha value is -2.80. The van der Waals surface area contributed by atoms with Crippen LogP contribution in [-0.4, -0.2) is 9.97 Å². The second kappa shape index (κ2) is 3.90. The van der Waals surface area contributed by atoms with E-state index in [2.05, 4.69) is 9.97 Å². The Morgan fingerprint density at radius 3 is 2.94 bits per heavy atom. The van der Waals surface area contributed by atoms with Gasteiger partial charge in [0.2, 0.25) is 0 Å². The van der Waals surface area contributed by atoms with E-state index in [-0.39, 0.29) is 0 Å². The van der Waals surface area contributed by atoms with E-state index in [1.54, 1.807) is 6.20 Å². The van der Waals surface area contributed by atoms with Crippen LogP contribution in [0.3, 0.4) is 0 Å². The number of nitriles is 1. The second-order valence-electron chi connectivity index (χ2n) is 4.04. The minimum absolute atomic E-state index is 0.404. The number of nitrogen functional groups attached to an aromatic ring is 1. The number of aromatic amines is 1. The van der Waals surface area contributed by atoms with Crippen LogP contribution in [0.5, 0.6) is 0 Å². The lowest BCUT2D eigenvalue weighted by Gasteiger charge is -2.06. The Balaban J connectivity index is 2.23. The standard InChI is InChI=1S/C14H10N4/c15-6-11-7-17-8-12(14(11)16)9-1-2-13-10(5-9)3-4-18-13/h1-5,7-8,18H,(H2,16,17). The number of anilines is 1. The summed E-state index contributed by atoms with van der Waals surface area (Å²) in [6.45, 7) is 0. The van der Waals surface area contributed by atoms with Gasteiger partial charge in [0.15, 0.2) is 0 Å². The largest absolute Gasteiger partial charge is 0.397 e. The van der Waals surface area contributed by atoms with Crippen molar-refractivity contribution < 1.29 is 0 Å². The van der Waals surface area contributed by atoms with Gasteiger partial charge >= 0.3 is 0 Å². The van der Waals surface area contributed by atoms with E-state index in [0.717, 1.165) is 22.0 Å². The van der Waals surface area contributed by atoms with Crippen LogP contribution in [0.15, 0.2) is 42.9 Å². The lowest BCUT2D eigenvalue weighted by atomic mass is 10.0. The lowest BCUT2D eigenvalue weighted by Crippen LogP contribution is -1.95. The molecule has 0 atom stereocenters. The summed E-state index contributed by atoms with van der Waals surface area (Å²) >= 11 is 0. The Bertz CT molecular complexity index is 765. The predicted octanol–water partition coefficient (Wildman–Crippen LogP) is 2.68. The first-order valence-electron chi connectivity index (χ1n) is 5.50. The number of rotatable bonds is 1. The summed E-state index contributed by atoms with van der Waals surface area (Å²) in [5.74, 6) is 0. The number of nitrogens with two attached hydrogens (primary N) is 1. The zero-order chi connectivity index (χ0) is 12.5. The van der Waals surface area contributed by atoms with Crippen molar-refractivity contribution in [3.05, 3.63) is 48.4 Å². The minimum Gasteiger partial charge on any atom is -0.397 e. The smallest absolute Gasteiger partial charge is 0.103 e. The third kappa shape index (κ3) is 1.50. The molecule has 0 spiro atoms. The zero-order valence-electron chi connectivity index (χ0n) is 9.51. The molecule has 0 amide bonds. The van der Waals surface area contributed by atoms with Gasteiger partial charge in [-0.05, 0) is 29.1 Å². The molecule has 0 fully saturated rings. The van der Waals surface area contributed by atoms with Gasteiger partial charge in [0.1, 0.15) is 6.07 Å². The van der Waals surface area contributed by atoms with Crippen LogP contribution < -0.4 is 5.73 Å². The third-order valence-corrected chi connectivity index (χ3v) is 2.97. The first kappa shape index (κ1) is 10.4. The van der Waals surface area contributed by atoms with Crippen molar-refractivity contribution in [3.63, 3.8) is 0 Å². The average molecular weight is 234 g/mol. The van der Waals surface area contributed by atoms with Gasteiger partial charge in [-0.3, -0.25) is 4.98 Å². The quantitative estimate of drug-likeness (QED) is 0.679. The van der Waals surface area contributed by atoms with Crippen LogP contribution in [-0.2, 0) is 0 Å². The molecule has 0 saturated carbocycles. The topological polar surface area (TPSA) is 78.5 Å². The number of nitrogens with one attached hydrogen (secondary N) is 1. The SMILES string of the molecule is N#Cc1cncc(-c2ccc3[nH]ccc3c2)c1N. The van der Waals surface area contributed by atoms with Crippen molar-refractivity contribution in [2.45, 2.75) is 0 Å². The number of hydrogen-bond donors (Lipinski definition) is 2. The molecule has 4 heteroatoms. The van der Waals surface area contributed by atoms with Crippen LogP contribution in [0.1, 0.15) is 5.56 Å². The van der Waals surface area contributed by atoms with Crippen LogP contribution in [0.2, 0.25) is 0 Å². The van der Waals surface area contributed by atoms with E-state index >= 15 is 0 Å². The van der Waals surface area contributed by atoms with E-state index in [4.69, 9.17) is 11.0 Å². The van der Waals surface area contributed by atoms with Gasteiger partial charge < -0.3 is 10.7 Å². The maximum atomic E-state index is 8.95. The molecule has 3 aromatic rings. The van der Waals surface area contributed by atoms with Crippen LogP contribution in [0, 0.1) is 11.3 Å². The number of benzene rings is 1. The monoisotopic (exact) mass is 234 g/mol. The van der Waals surface area contributed by atoms with Gasteiger partial charge in [0, 0.05) is 29.7 Å². The van der Waals surface area contributed by atoms with Crippen LogP contribution in [0.4, 0.5) is 5.69 Å². The van der Waals surface area contributed by atoms with Crippen LogP contribution >= 0.6 is 0 Å². The van der Waals surface area contributed by atoms with Crippen molar-refractivity contribution in [2.24, 2.45) is 0 Å². The number of pyridine rings is 1. The molecular weight excluding hydrogens is 224 g/mol. The van der Waals surface area contributed by atoms with Gasteiger partial charge in [-0.25, -0.2) is 0 Å². The first-order valence-corrected chi connectivity index (χ1v) is 5.50. The van der Waals surface area contributed by atoms with E-state index in [9.17, 15) is 0 Å². The number of hydrogen-bond acceptors (Lipinski definition) is 3. The minimum atomic E-state index is 0.404. The maximum absolute atomic E-state index is 8.95. The third-order valence-electron chi connectivity index (χ3n) is 2.97. The summed E-state index contributed by atoms with van der Waals surface area (Å²) in [4.78, 5) is 7.19. The fraction of sp³-hybridized carbons (Fsp3) is 0. The summed E-state index contributed by atoms with van der Waals surface area (Å²) in [6, 6.07) is 10.0. The zero-order valence-corrected chi connectivity index (χ0v) is 9.51.